The molecule has 6 aliphatic rings. The van der Waals surface area contributed by atoms with E-state index in [4.69, 9.17) is 14.2 Å². The average molecular weight is 556 g/mol. The minimum Gasteiger partial charge on any atom is -0.443 e. The Kier molecular flexibility index (Phi) is 6.70. The zero-order valence-electron chi connectivity index (χ0n) is 25.3. The summed E-state index contributed by atoms with van der Waals surface area (Å²) < 4.78 is 17.7. The molecule has 1 amide bonds. The molecule has 40 heavy (non-hydrogen) atoms. The van der Waals surface area contributed by atoms with Crippen molar-refractivity contribution < 1.29 is 29.2 Å². The molecule has 2 N–H and O–H groups in total. The lowest BCUT2D eigenvalue weighted by Crippen LogP contribution is -2.56. The molecular formula is C33H49NO6. The van der Waals surface area contributed by atoms with Gasteiger partial charge in [-0.05, 0) is 108 Å². The van der Waals surface area contributed by atoms with Crippen LogP contribution in [0.4, 0.5) is 4.79 Å². The van der Waals surface area contributed by atoms with Gasteiger partial charge in [0.15, 0.2) is 5.79 Å². The van der Waals surface area contributed by atoms with Gasteiger partial charge in [0, 0.05) is 31.0 Å². The van der Waals surface area contributed by atoms with Crippen molar-refractivity contribution in [2.24, 2.45) is 29.1 Å². The highest BCUT2D eigenvalue weighted by Crippen LogP contribution is 2.67. The Morgan fingerprint density at radius 2 is 1.80 bits per heavy atom. The van der Waals surface area contributed by atoms with E-state index in [1.807, 2.05) is 27.7 Å². The van der Waals surface area contributed by atoms with Crippen LogP contribution in [0, 0.1) is 29.1 Å². The predicted octanol–water partition coefficient (Wildman–Crippen LogP) is 5.87. The number of carbonyl (C=O) groups is 1. The number of rotatable bonds is 2. The second kappa shape index (κ2) is 9.42. The van der Waals surface area contributed by atoms with Crippen LogP contribution < -0.4 is 0 Å². The zero-order valence-corrected chi connectivity index (χ0v) is 25.3. The number of carbonyl (C=O) groups excluding carboxylic acids is 1. The van der Waals surface area contributed by atoms with Crippen LogP contribution in [0.15, 0.2) is 35.1 Å². The van der Waals surface area contributed by atoms with Crippen LogP contribution in [0.1, 0.15) is 92.4 Å². The van der Waals surface area contributed by atoms with Crippen molar-refractivity contribution >= 4 is 6.09 Å². The number of amides is 1. The Hall–Kier alpha value is -1.67. The van der Waals surface area contributed by atoms with Gasteiger partial charge < -0.3 is 24.4 Å². The highest BCUT2D eigenvalue weighted by Gasteiger charge is 2.63. The number of fused-ring (bicyclic) bond motifs is 4. The standard InChI is InChI=1S/C33H49NO6/c1-29(2,3)40-28(35)34(6)22-9-7-21(8-10-22)24-19-30(4)25(12-14-31(30,5)36)23-11-15-32(37)20-33(38-17-18-39-33)16-13-26(32)27(23)24/h7,9-10,21,23-25,36-37H,8,11-20H2,1-6H3/t21?,23?,24-,25?,30+,31+,32-/m1/s1. The van der Waals surface area contributed by atoms with Gasteiger partial charge in [-0.2, -0.15) is 0 Å². The van der Waals surface area contributed by atoms with E-state index in [0.29, 0.717) is 31.5 Å². The molecule has 3 unspecified atom stereocenters. The van der Waals surface area contributed by atoms with Gasteiger partial charge in [0.05, 0.1) is 24.4 Å². The maximum Gasteiger partial charge on any atom is 0.414 e. The number of ether oxygens (including phenoxy) is 3. The third-order valence-corrected chi connectivity index (χ3v) is 11.5. The number of allylic oxidation sites excluding steroid dienone is 4. The fourth-order valence-corrected chi connectivity index (χ4v) is 9.29. The van der Waals surface area contributed by atoms with Gasteiger partial charge >= 0.3 is 6.09 Å². The number of hydrogen-bond donors (Lipinski definition) is 2. The molecule has 1 heterocycles. The first-order chi connectivity index (χ1) is 18.7. The van der Waals surface area contributed by atoms with E-state index in [1.54, 1.807) is 11.9 Å². The van der Waals surface area contributed by atoms with Crippen molar-refractivity contribution in [2.75, 3.05) is 20.3 Å². The van der Waals surface area contributed by atoms with Gasteiger partial charge in [-0.1, -0.05) is 24.6 Å². The summed E-state index contributed by atoms with van der Waals surface area (Å²) in [6.07, 6.45) is 13.5. The number of likely N-dealkylation sites (N-methyl/N-ethyl adjacent to an activating group) is 1. The topological polar surface area (TPSA) is 88.5 Å². The first-order valence-corrected chi connectivity index (χ1v) is 15.5. The van der Waals surface area contributed by atoms with Gasteiger partial charge in [-0.25, -0.2) is 4.79 Å². The second-order valence-corrected chi connectivity index (χ2v) is 15.0. The largest absolute Gasteiger partial charge is 0.443 e. The van der Waals surface area contributed by atoms with E-state index in [2.05, 4.69) is 25.2 Å². The molecule has 7 atom stereocenters. The van der Waals surface area contributed by atoms with Gasteiger partial charge in [-0.15, -0.1) is 0 Å². The first-order valence-electron chi connectivity index (χ1n) is 15.5. The Morgan fingerprint density at radius 3 is 2.45 bits per heavy atom. The smallest absolute Gasteiger partial charge is 0.414 e. The molecule has 1 aliphatic heterocycles. The van der Waals surface area contributed by atoms with Crippen LogP contribution in [0.2, 0.25) is 0 Å². The monoisotopic (exact) mass is 555 g/mol. The fraction of sp³-hybridized carbons (Fsp3) is 0.788. The summed E-state index contributed by atoms with van der Waals surface area (Å²) in [4.78, 5) is 14.3. The van der Waals surface area contributed by atoms with Crippen LogP contribution in [0.3, 0.4) is 0 Å². The molecule has 0 bridgehead atoms. The summed E-state index contributed by atoms with van der Waals surface area (Å²) in [5.74, 6) is 0.647. The molecule has 7 heteroatoms. The Bertz CT molecular complexity index is 1140. The van der Waals surface area contributed by atoms with Crippen molar-refractivity contribution in [3.05, 3.63) is 35.1 Å². The predicted molar refractivity (Wildman–Crippen MR) is 152 cm³/mol. The summed E-state index contributed by atoms with van der Waals surface area (Å²) in [6.45, 7) is 11.2. The van der Waals surface area contributed by atoms with E-state index < -0.39 is 22.6 Å². The minimum absolute atomic E-state index is 0.166. The van der Waals surface area contributed by atoms with Gasteiger partial charge in [0.25, 0.3) is 0 Å². The molecular weight excluding hydrogens is 506 g/mol. The van der Waals surface area contributed by atoms with Crippen LogP contribution in [0.5, 0.6) is 0 Å². The summed E-state index contributed by atoms with van der Waals surface area (Å²) in [5.41, 5.74) is 1.25. The third kappa shape index (κ3) is 4.50. The lowest BCUT2D eigenvalue weighted by atomic mass is 9.49. The van der Waals surface area contributed by atoms with E-state index in [-0.39, 0.29) is 23.3 Å². The van der Waals surface area contributed by atoms with Crippen LogP contribution in [-0.4, -0.2) is 64.1 Å². The fourth-order valence-electron chi connectivity index (χ4n) is 9.29. The second-order valence-electron chi connectivity index (χ2n) is 15.0. The van der Waals surface area contributed by atoms with Crippen LogP contribution in [0.25, 0.3) is 0 Å². The Balaban J connectivity index is 1.33. The first kappa shape index (κ1) is 28.4. The zero-order chi connectivity index (χ0) is 28.7. The molecule has 5 aliphatic carbocycles. The van der Waals surface area contributed by atoms with Crippen molar-refractivity contribution in [3.63, 3.8) is 0 Å². The van der Waals surface area contributed by atoms with Crippen LogP contribution in [-0.2, 0) is 14.2 Å². The molecule has 1 saturated heterocycles. The Morgan fingerprint density at radius 1 is 1.07 bits per heavy atom. The molecule has 222 valence electrons. The number of nitrogens with zero attached hydrogens (tertiary/aromatic N) is 1. The lowest BCUT2D eigenvalue weighted by Gasteiger charge is -2.58. The molecule has 7 nitrogen and oxygen atoms in total. The summed E-state index contributed by atoms with van der Waals surface area (Å²) in [5, 5.41) is 23.9. The molecule has 0 aromatic carbocycles. The quantitative estimate of drug-likeness (QED) is 0.415. The molecule has 0 aromatic rings. The van der Waals surface area contributed by atoms with Gasteiger partial charge in [-0.3, -0.25) is 4.90 Å². The molecule has 1 spiro atoms. The van der Waals surface area contributed by atoms with E-state index in [1.165, 1.54) is 11.1 Å². The summed E-state index contributed by atoms with van der Waals surface area (Å²) in [7, 11) is 1.76. The molecule has 4 fully saturated rings. The normalized spacial score (nSPS) is 42.2. The van der Waals surface area contributed by atoms with Gasteiger partial charge in [0.2, 0.25) is 0 Å². The van der Waals surface area contributed by atoms with Crippen molar-refractivity contribution in [1.29, 1.82) is 0 Å². The highest BCUT2D eigenvalue weighted by atomic mass is 16.7. The lowest BCUT2D eigenvalue weighted by molar-refractivity contribution is -0.209. The van der Waals surface area contributed by atoms with E-state index >= 15 is 0 Å². The van der Waals surface area contributed by atoms with Gasteiger partial charge in [0.1, 0.15) is 5.60 Å². The molecule has 6 rings (SSSR count). The van der Waals surface area contributed by atoms with Crippen molar-refractivity contribution in [2.45, 2.75) is 115 Å². The highest BCUT2D eigenvalue weighted by molar-refractivity contribution is 5.71. The molecule has 0 radical (unpaired) electrons. The SMILES string of the molecule is CN(C(=O)OC(C)(C)C)C1=CCC([C@H]2C[C@@]3(C)C(CC[C@]3(C)O)C3CC[C@@]4(O)CC5(CCC4=C32)OCCO5)C=C1. The summed E-state index contributed by atoms with van der Waals surface area (Å²) in [6, 6.07) is 0. The van der Waals surface area contributed by atoms with E-state index in [9.17, 15) is 15.0 Å². The number of hydrogen-bond acceptors (Lipinski definition) is 6. The van der Waals surface area contributed by atoms with Crippen LogP contribution >= 0.6 is 0 Å². The minimum atomic E-state index is -0.891. The van der Waals surface area contributed by atoms with Crippen molar-refractivity contribution in [1.82, 2.24) is 4.90 Å². The molecule has 0 aromatic heterocycles. The number of aliphatic hydroxyl groups is 2. The molecule has 3 saturated carbocycles. The average Bonchev–Trinajstić information content (AvgIpc) is 3.42. The van der Waals surface area contributed by atoms with E-state index in [0.717, 1.165) is 57.1 Å². The Labute approximate surface area is 239 Å². The summed E-state index contributed by atoms with van der Waals surface area (Å²) >= 11 is 0. The maximum absolute atomic E-state index is 12.7. The third-order valence-electron chi connectivity index (χ3n) is 11.5. The maximum atomic E-state index is 12.7. The van der Waals surface area contributed by atoms with Crippen molar-refractivity contribution in [3.8, 4) is 0 Å².